The Bertz CT molecular complexity index is 5350. The number of pyridine rings is 3. The number of aromatic nitrogens is 8. The number of halogens is 2. The number of benzene rings is 3. The predicted octanol–water partition coefficient (Wildman–Crippen LogP) is 20.5. The largest absolute Gasteiger partial charge is 0.444 e. The van der Waals surface area contributed by atoms with Crippen molar-refractivity contribution in [2.45, 2.75) is 210 Å². The van der Waals surface area contributed by atoms with Crippen LogP contribution in [0.1, 0.15) is 171 Å². The zero-order valence-corrected chi connectivity index (χ0v) is 84.6. The molecule has 0 spiro atoms. The average molecular weight is 2070 g/mol. The third-order valence-corrected chi connectivity index (χ3v) is 27.1. The van der Waals surface area contributed by atoms with Gasteiger partial charge in [-0.25, -0.2) is 24.0 Å². The normalized spacial score (nSPS) is 13.7. The molecule has 0 aliphatic carbocycles. The van der Waals surface area contributed by atoms with E-state index in [1.165, 1.54) is 32.9 Å². The van der Waals surface area contributed by atoms with E-state index in [2.05, 4.69) is 216 Å². The van der Waals surface area contributed by atoms with Gasteiger partial charge in [0.25, 0.3) is 0 Å². The van der Waals surface area contributed by atoms with Gasteiger partial charge in [0.1, 0.15) is 28.0 Å². The number of amides is 5. The number of aryl methyl sites for hydroxylation is 2. The van der Waals surface area contributed by atoms with Crippen LogP contribution in [0.15, 0.2) is 242 Å². The molecule has 3 radical (unpaired) electrons. The van der Waals surface area contributed by atoms with Gasteiger partial charge in [-0.15, -0.1) is 0 Å². The van der Waals surface area contributed by atoms with E-state index in [1.807, 2.05) is 194 Å². The summed E-state index contributed by atoms with van der Waals surface area (Å²) in [5.74, 6) is 0. The summed E-state index contributed by atoms with van der Waals surface area (Å²) in [5.41, 5.74) is 9.83. The van der Waals surface area contributed by atoms with E-state index in [9.17, 15) is 28.8 Å². The first kappa shape index (κ1) is 107. The van der Waals surface area contributed by atoms with Crippen LogP contribution in [0, 0.1) is 7.43 Å². The summed E-state index contributed by atoms with van der Waals surface area (Å²) in [6, 6.07) is 64.6. The molecule has 0 saturated carbocycles. The van der Waals surface area contributed by atoms with E-state index < -0.39 is 34.9 Å². The molecule has 0 saturated heterocycles. The molecule has 0 N–H and O–H groups in total. The summed E-state index contributed by atoms with van der Waals surface area (Å²) >= 11 is 5.69. The number of ether oxygens (including phenoxy) is 5. The molecule has 5 amide bonds. The van der Waals surface area contributed by atoms with Crippen molar-refractivity contribution < 1.29 is 72.9 Å². The van der Waals surface area contributed by atoms with Crippen molar-refractivity contribution in [3.8, 4) is 0 Å². The third kappa shape index (κ3) is 32.6. The van der Waals surface area contributed by atoms with Crippen molar-refractivity contribution in [3.05, 3.63) is 312 Å². The second-order valence-corrected chi connectivity index (χ2v) is 42.0. The van der Waals surface area contributed by atoms with Gasteiger partial charge >= 0.3 is 30.5 Å². The second-order valence-electron chi connectivity index (χ2n) is 36.2. The first-order valence-corrected chi connectivity index (χ1v) is 47.1. The topological polar surface area (TPSA) is 228 Å². The third-order valence-electron chi connectivity index (χ3n) is 20.5. The molecule has 0 atom stereocenters. The first-order chi connectivity index (χ1) is 60.9. The van der Waals surface area contributed by atoms with Crippen molar-refractivity contribution in [3.63, 3.8) is 0 Å². The molecule has 5 aliphatic heterocycles. The number of hydrogen-bond acceptors (Lipinski definition) is 14. The molecule has 699 valence electrons. The number of carbonyl (C=O) groups excluding carboxylic acids is 6. The fourth-order valence-corrected chi connectivity index (χ4v) is 20.9. The fraction of sp³-hybridized carbons (Fsp3) is 0.363. The Morgan fingerprint density at radius 3 is 1.12 bits per heavy atom. The Balaban J connectivity index is 0.000000212. The summed E-state index contributed by atoms with van der Waals surface area (Å²) < 4.78 is 41.3. The monoisotopic (exact) mass is 2060 g/mol. The molecule has 0 bridgehead atoms. The standard InChI is InChI=1S/C19H16IP.C19H25N3O2.C19H23N3O2.C14H20N2O2.C13H18N2O3.C12H18N2O2.C5H4BrN.CH3.B.Pd/c20-16-21(17-10-4-1-5-11-17,18-12-6-2-7-13-18)19-14-8-3-9-15-19;2*1-19(2,3)24-18(23)21-11-12-22-16(8-9-17(22)14-21)7-6-15-5-4-10-20-13-15;1-5-11-6-7-12-10-15(8-9-16(11)12)13(17)18-14(2,3)4;1-13(2,3)18-12(17)14-6-7-15-10(8-14)4-5-11(15)9-16;1-12(2,3)16-11(15)14-8-7-13-6-4-5-10(13)9-14;6-5-2-1-3-7-4-5;;;/h1-16H;4-5,8-10,13H,6-7,11-12,14H2,1-3H3;4-10,13H,11-12,14H2,1-3H3;5-7H,1,8-10H2,2-4H3;4-5,9H,6-8H2,1-3H3;4-6H,7-9H2,1-3H3;1-4H;1H3;;/q;;;;;;;-1;;/b;;7-6+;;;;;;;. The van der Waals surface area contributed by atoms with Crippen molar-refractivity contribution in [1.82, 2.24) is 62.3 Å². The van der Waals surface area contributed by atoms with Gasteiger partial charge in [-0.2, -0.15) is 0 Å². The van der Waals surface area contributed by atoms with E-state index in [-0.39, 0.29) is 66.7 Å². The van der Waals surface area contributed by atoms with E-state index in [4.69, 9.17) is 23.7 Å². The molecule has 8 aromatic heterocycles. The van der Waals surface area contributed by atoms with Crippen LogP contribution < -0.4 is 15.9 Å². The summed E-state index contributed by atoms with van der Waals surface area (Å²) in [6.07, 6.45) is 20.4. The zero-order valence-electron chi connectivity index (χ0n) is 78.5. The van der Waals surface area contributed by atoms with Crippen LogP contribution >= 0.6 is 45.4 Å². The van der Waals surface area contributed by atoms with Crippen molar-refractivity contribution >= 4 is 129 Å². The van der Waals surface area contributed by atoms with E-state index >= 15 is 0 Å². The molecule has 5 aliphatic rings. The van der Waals surface area contributed by atoms with Crippen LogP contribution in [0.5, 0.6) is 0 Å². The second kappa shape index (κ2) is 49.7. The minimum absolute atomic E-state index is 0. The van der Waals surface area contributed by atoms with Gasteiger partial charge in [-0.05, 0) is 267 Å². The van der Waals surface area contributed by atoms with Crippen molar-refractivity contribution in [2.75, 3.05) is 32.7 Å². The maximum atomic E-state index is 12.2. The van der Waals surface area contributed by atoms with Crippen LogP contribution in [0.4, 0.5) is 24.0 Å². The summed E-state index contributed by atoms with van der Waals surface area (Å²) in [5, 5.41) is 4.20. The SMILES string of the molecule is Brc1cccnc1.C=Cc1ccc2n1CCN(C(=O)OC(C)(C)C)C2.CC(C)(C)OC(=O)N1CCn2c(/C=C/c3cccnc3)ccc2C1.CC(C)(C)OC(=O)N1CCn2c(C=O)ccc2C1.CC(C)(C)OC(=O)N1CCn2c(CCc3cccnc3)ccc2C1.CC(C)(C)OC(=O)N1CCn2cccc2C1.IC=P(c1ccccc1)(c1ccccc1)c1ccccc1.[B].[CH3-].[Pd]. The Kier molecular flexibility index (Phi) is 40.7. The van der Waals surface area contributed by atoms with Gasteiger partial charge in [-0.1, -0.05) is 138 Å². The van der Waals surface area contributed by atoms with Crippen LogP contribution in [-0.4, -0.2) is 172 Å². The average Bonchev–Trinajstić information content (AvgIpc) is 1.39. The fourth-order valence-electron chi connectivity index (χ4n) is 14.6. The molecule has 131 heavy (non-hydrogen) atoms. The number of hydrogen-bond donors (Lipinski definition) is 0. The van der Waals surface area contributed by atoms with Crippen LogP contribution in [0.3, 0.4) is 0 Å². The van der Waals surface area contributed by atoms with E-state index in [0.717, 1.165) is 96.1 Å². The van der Waals surface area contributed by atoms with Crippen LogP contribution in [-0.2, 0) is 122 Å². The first-order valence-electron chi connectivity index (χ1n) is 43.2. The molecule has 3 aromatic carbocycles. The molecular formula is C102H127BBrIN13O11PPd-. The number of aldehydes is 1. The maximum absolute atomic E-state index is 12.2. The van der Waals surface area contributed by atoms with Gasteiger partial charge < -0.3 is 78.4 Å². The molecule has 0 unspecified atom stereocenters. The smallest absolute Gasteiger partial charge is 0.410 e. The predicted molar refractivity (Wildman–Crippen MR) is 535 cm³/mol. The van der Waals surface area contributed by atoms with E-state index in [0.29, 0.717) is 71.1 Å². The summed E-state index contributed by atoms with van der Waals surface area (Å²) in [6.45, 7) is 40.4. The minimum Gasteiger partial charge on any atom is -0.444 e. The number of nitrogens with zero attached hydrogens (tertiary/aromatic N) is 13. The number of fused-ring (bicyclic) bond motifs is 5. The van der Waals surface area contributed by atoms with Gasteiger partial charge in [0, 0.05) is 188 Å². The van der Waals surface area contributed by atoms with Crippen molar-refractivity contribution in [2.24, 2.45) is 0 Å². The van der Waals surface area contributed by atoms with Gasteiger partial charge in [0.2, 0.25) is 0 Å². The Labute approximate surface area is 812 Å². The molecule has 11 aromatic rings. The van der Waals surface area contributed by atoms with Crippen LogP contribution in [0.25, 0.3) is 18.2 Å². The summed E-state index contributed by atoms with van der Waals surface area (Å²) in [7, 11) is 0. The van der Waals surface area contributed by atoms with Gasteiger partial charge in [0.15, 0.2) is 6.29 Å². The molecule has 24 nitrogen and oxygen atoms in total. The van der Waals surface area contributed by atoms with E-state index in [1.54, 1.807) is 55.4 Å². The Morgan fingerprint density at radius 1 is 0.397 bits per heavy atom. The van der Waals surface area contributed by atoms with Crippen molar-refractivity contribution in [1.29, 1.82) is 0 Å². The molecular weight excluding hydrogens is 1940 g/mol. The van der Waals surface area contributed by atoms with Gasteiger partial charge in [-0.3, -0.25) is 19.7 Å². The molecule has 16 rings (SSSR count). The minimum atomic E-state index is -1.67. The number of rotatable bonds is 10. The van der Waals surface area contributed by atoms with Gasteiger partial charge in [0.05, 0.1) is 38.4 Å². The Morgan fingerprint density at radius 2 is 0.756 bits per heavy atom. The molecule has 0 fully saturated rings. The van der Waals surface area contributed by atoms with Crippen LogP contribution in [0.2, 0.25) is 0 Å². The number of carbonyl (C=O) groups is 6. The molecule has 29 heteroatoms. The quantitative estimate of drug-likeness (QED) is 0.0310. The Hall–Kier alpha value is -10.8. The molecule has 13 heterocycles. The maximum Gasteiger partial charge on any atom is 0.410 e. The zero-order chi connectivity index (χ0) is 92.4. The summed E-state index contributed by atoms with van der Waals surface area (Å²) in [4.78, 5) is 91.8.